The topological polar surface area (TPSA) is 83.2 Å². The number of rotatable bonds is 6. The fourth-order valence-electron chi connectivity index (χ4n) is 3.21. The number of hydrogen-bond acceptors (Lipinski definition) is 5. The summed E-state index contributed by atoms with van der Waals surface area (Å²) in [6.45, 7) is 3.91. The Morgan fingerprint density at radius 1 is 1.07 bits per heavy atom. The zero-order valence-corrected chi connectivity index (χ0v) is 17.3. The minimum atomic E-state index is -0.337. The van der Waals surface area contributed by atoms with Gasteiger partial charge in [-0.25, -0.2) is 4.68 Å². The Hall–Kier alpha value is -3.81. The number of hydrogen-bond donors (Lipinski definition) is 1. The van der Waals surface area contributed by atoms with Gasteiger partial charge in [-0.3, -0.25) is 9.48 Å². The van der Waals surface area contributed by atoms with E-state index in [2.05, 4.69) is 15.5 Å². The Balaban J connectivity index is 1.83. The number of carbonyl (C=O) groups excluding carboxylic acids is 1. The number of amides is 1. The van der Waals surface area contributed by atoms with Crippen LogP contribution in [0.5, 0.6) is 11.5 Å². The summed E-state index contributed by atoms with van der Waals surface area (Å²) in [5.74, 6) is 1.48. The summed E-state index contributed by atoms with van der Waals surface area (Å²) in [5.41, 5.74) is 1.96. The van der Waals surface area contributed by atoms with Gasteiger partial charge in [-0.15, -0.1) is 5.10 Å². The molecule has 0 spiro atoms. The monoisotopic (exact) mass is 405 g/mol. The van der Waals surface area contributed by atoms with E-state index in [1.54, 1.807) is 35.8 Å². The maximum atomic E-state index is 12.7. The van der Waals surface area contributed by atoms with Gasteiger partial charge >= 0.3 is 0 Å². The average Bonchev–Trinajstić information content (AvgIpc) is 3.32. The van der Waals surface area contributed by atoms with Crippen molar-refractivity contribution in [1.29, 1.82) is 0 Å². The number of aryl methyl sites for hydroxylation is 1. The average molecular weight is 405 g/mol. The number of ether oxygens (including phenoxy) is 2. The second kappa shape index (κ2) is 7.90. The van der Waals surface area contributed by atoms with Gasteiger partial charge in [-0.1, -0.05) is 6.07 Å². The molecule has 4 aromatic rings. The molecule has 0 bridgehead atoms. The summed E-state index contributed by atoms with van der Waals surface area (Å²) in [6, 6.07) is 14.9. The van der Waals surface area contributed by atoms with Crippen LogP contribution in [0.3, 0.4) is 0 Å². The normalized spacial score (nSPS) is 11.1. The van der Waals surface area contributed by atoms with Crippen LogP contribution < -0.4 is 14.8 Å². The molecule has 0 radical (unpaired) electrons. The van der Waals surface area contributed by atoms with Crippen LogP contribution in [0, 0.1) is 0 Å². The van der Waals surface area contributed by atoms with Gasteiger partial charge in [0.05, 0.1) is 29.8 Å². The predicted octanol–water partition coefficient (Wildman–Crippen LogP) is 3.81. The van der Waals surface area contributed by atoms with E-state index in [0.29, 0.717) is 17.3 Å². The van der Waals surface area contributed by atoms with Crippen molar-refractivity contribution in [2.75, 3.05) is 12.4 Å². The summed E-state index contributed by atoms with van der Waals surface area (Å²) in [5, 5.41) is 12.5. The first kappa shape index (κ1) is 19.5. The van der Waals surface area contributed by atoms with Gasteiger partial charge in [0, 0.05) is 13.2 Å². The Kier molecular flexibility index (Phi) is 5.14. The third kappa shape index (κ3) is 3.71. The van der Waals surface area contributed by atoms with Gasteiger partial charge in [0.1, 0.15) is 11.5 Å². The van der Waals surface area contributed by atoms with Gasteiger partial charge in [-0.05, 0) is 56.3 Å². The van der Waals surface area contributed by atoms with E-state index < -0.39 is 0 Å². The van der Waals surface area contributed by atoms with Crippen molar-refractivity contribution in [3.05, 3.63) is 60.4 Å². The van der Waals surface area contributed by atoms with Crippen LogP contribution in [0.15, 0.2) is 54.7 Å². The highest BCUT2D eigenvalue weighted by Crippen LogP contribution is 2.34. The van der Waals surface area contributed by atoms with E-state index in [9.17, 15) is 4.79 Å². The molecule has 0 aliphatic carbocycles. The number of anilines is 1. The minimum absolute atomic E-state index is 0.0284. The number of carbonyl (C=O) groups is 1. The van der Waals surface area contributed by atoms with Crippen molar-refractivity contribution in [2.45, 2.75) is 20.0 Å². The quantitative estimate of drug-likeness (QED) is 0.527. The highest BCUT2D eigenvalue weighted by Gasteiger charge is 2.20. The molecular weight excluding hydrogens is 382 g/mol. The van der Waals surface area contributed by atoms with Crippen LogP contribution in [-0.2, 0) is 7.05 Å². The first-order valence-electron chi connectivity index (χ1n) is 9.60. The van der Waals surface area contributed by atoms with Gasteiger partial charge < -0.3 is 14.8 Å². The van der Waals surface area contributed by atoms with E-state index in [-0.39, 0.29) is 12.0 Å². The van der Waals surface area contributed by atoms with Crippen LogP contribution in [0.1, 0.15) is 24.3 Å². The number of aromatic nitrogens is 4. The maximum absolute atomic E-state index is 12.7. The highest BCUT2D eigenvalue weighted by molar-refractivity contribution is 6.08. The van der Waals surface area contributed by atoms with Crippen molar-refractivity contribution in [1.82, 2.24) is 19.6 Å². The molecule has 4 rings (SSSR count). The molecule has 0 fully saturated rings. The lowest BCUT2D eigenvalue weighted by Crippen LogP contribution is -2.14. The van der Waals surface area contributed by atoms with Gasteiger partial charge in [0.15, 0.2) is 11.5 Å². The molecule has 154 valence electrons. The van der Waals surface area contributed by atoms with Crippen molar-refractivity contribution >= 4 is 22.6 Å². The Morgan fingerprint density at radius 2 is 1.83 bits per heavy atom. The van der Waals surface area contributed by atoms with Crippen LogP contribution in [0.4, 0.5) is 5.82 Å². The molecule has 0 aliphatic heterocycles. The predicted molar refractivity (Wildman–Crippen MR) is 115 cm³/mol. The number of nitrogens with zero attached hydrogens (tertiary/aromatic N) is 4. The molecule has 0 atom stereocenters. The smallest absolute Gasteiger partial charge is 0.277 e. The second-order valence-corrected chi connectivity index (χ2v) is 7.10. The van der Waals surface area contributed by atoms with Crippen molar-refractivity contribution in [3.63, 3.8) is 0 Å². The number of fused-ring (bicyclic) bond motifs is 1. The maximum Gasteiger partial charge on any atom is 0.277 e. The lowest BCUT2D eigenvalue weighted by molar-refractivity contribution is 0.102. The number of benzene rings is 2. The Bertz CT molecular complexity index is 1190. The molecule has 1 amide bonds. The van der Waals surface area contributed by atoms with Gasteiger partial charge in [-0.2, -0.15) is 5.10 Å². The summed E-state index contributed by atoms with van der Waals surface area (Å²) in [7, 11) is 3.39. The van der Waals surface area contributed by atoms with Crippen LogP contribution in [0.2, 0.25) is 0 Å². The van der Waals surface area contributed by atoms with E-state index in [0.717, 1.165) is 22.3 Å². The summed E-state index contributed by atoms with van der Waals surface area (Å²) in [4.78, 5) is 12.7. The van der Waals surface area contributed by atoms with Crippen molar-refractivity contribution < 1.29 is 14.3 Å². The van der Waals surface area contributed by atoms with E-state index in [1.807, 2.05) is 56.3 Å². The molecule has 8 heteroatoms. The summed E-state index contributed by atoms with van der Waals surface area (Å²) < 4.78 is 14.6. The fourth-order valence-corrected chi connectivity index (χ4v) is 3.21. The first-order valence-corrected chi connectivity index (χ1v) is 9.60. The molecule has 30 heavy (non-hydrogen) atoms. The third-order valence-electron chi connectivity index (χ3n) is 4.53. The molecule has 2 heterocycles. The minimum Gasteiger partial charge on any atom is -0.497 e. The second-order valence-electron chi connectivity index (χ2n) is 7.10. The van der Waals surface area contributed by atoms with Crippen LogP contribution in [0.25, 0.3) is 16.6 Å². The highest BCUT2D eigenvalue weighted by atomic mass is 16.5. The molecule has 2 aromatic heterocycles. The third-order valence-corrected chi connectivity index (χ3v) is 4.53. The van der Waals surface area contributed by atoms with Crippen molar-refractivity contribution in [2.24, 2.45) is 7.05 Å². The van der Waals surface area contributed by atoms with E-state index in [4.69, 9.17) is 9.47 Å². The molecule has 1 N–H and O–H groups in total. The lowest BCUT2D eigenvalue weighted by Gasteiger charge is -2.11. The number of methoxy groups -OCH3 is 1. The SMILES string of the molecule is COc1ccc(-n2nc(NC(=O)c3ccn(C)n3)c3c(OC(C)C)cccc32)cc1. The zero-order chi connectivity index (χ0) is 21.3. The first-order chi connectivity index (χ1) is 14.5. The summed E-state index contributed by atoms with van der Waals surface area (Å²) in [6.07, 6.45) is 1.69. The molecule has 0 saturated carbocycles. The van der Waals surface area contributed by atoms with Crippen molar-refractivity contribution in [3.8, 4) is 17.2 Å². The summed E-state index contributed by atoms with van der Waals surface area (Å²) >= 11 is 0. The Morgan fingerprint density at radius 3 is 2.47 bits per heavy atom. The molecule has 2 aromatic carbocycles. The molecule has 8 nitrogen and oxygen atoms in total. The van der Waals surface area contributed by atoms with Crippen LogP contribution >= 0.6 is 0 Å². The van der Waals surface area contributed by atoms with Crippen LogP contribution in [-0.4, -0.2) is 38.7 Å². The zero-order valence-electron chi connectivity index (χ0n) is 17.3. The van der Waals surface area contributed by atoms with E-state index >= 15 is 0 Å². The van der Waals surface area contributed by atoms with E-state index in [1.165, 1.54) is 0 Å². The molecule has 0 aliphatic rings. The molecule has 0 unspecified atom stereocenters. The Labute approximate surface area is 174 Å². The molecular formula is C22H23N5O3. The van der Waals surface area contributed by atoms with Gasteiger partial charge in [0.25, 0.3) is 5.91 Å². The fraction of sp³-hybridized carbons (Fsp3) is 0.227. The molecule has 0 saturated heterocycles. The largest absolute Gasteiger partial charge is 0.497 e. The standard InChI is InChI=1S/C22H23N5O3/c1-14(2)30-19-7-5-6-18-20(19)21(23-22(28)17-12-13-26(3)24-17)25-27(18)15-8-10-16(29-4)11-9-15/h5-14H,1-4H3,(H,23,25,28). The lowest BCUT2D eigenvalue weighted by atomic mass is 10.2. The van der Waals surface area contributed by atoms with Gasteiger partial charge in [0.2, 0.25) is 0 Å². The number of nitrogens with one attached hydrogen (secondary N) is 1.